The van der Waals surface area contributed by atoms with Crippen LogP contribution in [0, 0.1) is 5.82 Å². The first-order chi connectivity index (χ1) is 13.5. The topological polar surface area (TPSA) is 57.8 Å². The lowest BCUT2D eigenvalue weighted by atomic mass is 10.3. The maximum absolute atomic E-state index is 13.1. The molecule has 1 aliphatic heterocycles. The van der Waals surface area contributed by atoms with Gasteiger partial charge in [0.25, 0.3) is 5.91 Å². The molecule has 0 saturated carbocycles. The highest BCUT2D eigenvalue weighted by Crippen LogP contribution is 2.33. The van der Waals surface area contributed by atoms with Crippen LogP contribution in [0.1, 0.15) is 5.69 Å². The number of thioether (sulfide) groups is 1. The third-order valence-corrected chi connectivity index (χ3v) is 5.30. The number of halogens is 1. The van der Waals surface area contributed by atoms with Gasteiger partial charge in [0.15, 0.2) is 5.17 Å². The van der Waals surface area contributed by atoms with Gasteiger partial charge in [-0.1, -0.05) is 0 Å². The molecule has 1 N–H and O–H groups in total. The van der Waals surface area contributed by atoms with Crippen LogP contribution in [0.5, 0.6) is 5.75 Å². The summed E-state index contributed by atoms with van der Waals surface area (Å²) < 4.78 is 15.0. The van der Waals surface area contributed by atoms with Gasteiger partial charge >= 0.3 is 0 Å². The SMILES string of the molecule is CN1C(=O)C(=Cc2cccn2-c2ccc(O)cc2)SC1=Nc1ccc(F)cc1. The number of hydrogen-bond acceptors (Lipinski definition) is 4. The van der Waals surface area contributed by atoms with E-state index in [4.69, 9.17) is 0 Å². The highest BCUT2D eigenvalue weighted by atomic mass is 32.2. The number of carbonyl (C=O) groups is 1. The van der Waals surface area contributed by atoms with Crippen LogP contribution in [0.25, 0.3) is 11.8 Å². The zero-order valence-corrected chi connectivity index (χ0v) is 15.7. The van der Waals surface area contributed by atoms with E-state index in [0.717, 1.165) is 11.4 Å². The van der Waals surface area contributed by atoms with E-state index in [1.807, 2.05) is 29.0 Å². The number of phenols is 1. The van der Waals surface area contributed by atoms with Crippen LogP contribution in [0.4, 0.5) is 10.1 Å². The first kappa shape index (κ1) is 18.1. The number of phenolic OH excluding ortho intramolecular Hbond substituents is 1. The number of aliphatic imine (C=N–C) groups is 1. The fourth-order valence-electron chi connectivity index (χ4n) is 2.77. The van der Waals surface area contributed by atoms with Crippen LogP contribution in [0.3, 0.4) is 0 Å². The number of carbonyl (C=O) groups excluding carboxylic acids is 1. The molecule has 0 aliphatic carbocycles. The first-order valence-electron chi connectivity index (χ1n) is 8.50. The first-order valence-corrected chi connectivity index (χ1v) is 9.31. The maximum Gasteiger partial charge on any atom is 0.266 e. The van der Waals surface area contributed by atoms with Crippen molar-refractivity contribution in [2.45, 2.75) is 0 Å². The molecule has 0 bridgehead atoms. The number of aromatic nitrogens is 1. The van der Waals surface area contributed by atoms with Gasteiger partial charge in [0.05, 0.1) is 10.6 Å². The van der Waals surface area contributed by atoms with Crippen LogP contribution in [0.2, 0.25) is 0 Å². The Bertz CT molecular complexity index is 1090. The van der Waals surface area contributed by atoms with Gasteiger partial charge in [0.1, 0.15) is 11.6 Å². The largest absolute Gasteiger partial charge is 0.508 e. The Morgan fingerprint density at radius 1 is 1.07 bits per heavy atom. The van der Waals surface area contributed by atoms with Crippen LogP contribution in [-0.2, 0) is 4.79 Å². The van der Waals surface area contributed by atoms with Gasteiger partial charge in [-0.05, 0) is 78.5 Å². The van der Waals surface area contributed by atoms with Crippen molar-refractivity contribution in [2.24, 2.45) is 4.99 Å². The van der Waals surface area contributed by atoms with Crippen LogP contribution >= 0.6 is 11.8 Å². The van der Waals surface area contributed by atoms with E-state index < -0.39 is 0 Å². The van der Waals surface area contributed by atoms with Gasteiger partial charge in [-0.25, -0.2) is 9.38 Å². The lowest BCUT2D eigenvalue weighted by Crippen LogP contribution is -2.23. The van der Waals surface area contributed by atoms with Crippen molar-refractivity contribution in [3.05, 3.63) is 83.3 Å². The molecule has 1 fully saturated rings. The predicted molar refractivity (Wildman–Crippen MR) is 109 cm³/mol. The molecule has 5 nitrogen and oxygen atoms in total. The molecule has 0 spiro atoms. The third-order valence-electron chi connectivity index (χ3n) is 4.24. The smallest absolute Gasteiger partial charge is 0.266 e. The number of likely N-dealkylation sites (N-methyl/N-ethyl adjacent to an activating group) is 1. The molecular formula is C21H16FN3O2S. The highest BCUT2D eigenvalue weighted by molar-refractivity contribution is 8.18. The monoisotopic (exact) mass is 393 g/mol. The van der Waals surface area contributed by atoms with Crippen molar-refractivity contribution in [3.63, 3.8) is 0 Å². The summed E-state index contributed by atoms with van der Waals surface area (Å²) in [6.45, 7) is 0. The standard InChI is InChI=1S/C21H16FN3O2S/c1-24-20(27)19(28-21(24)23-15-6-4-14(22)5-7-15)13-17-3-2-12-25(17)16-8-10-18(26)11-9-16/h2-13,26H,1H3. The van der Waals surface area contributed by atoms with E-state index in [0.29, 0.717) is 15.8 Å². The Morgan fingerprint density at radius 3 is 2.50 bits per heavy atom. The van der Waals surface area contributed by atoms with E-state index in [1.54, 1.807) is 43.4 Å². The number of benzene rings is 2. The van der Waals surface area contributed by atoms with Crippen LogP contribution < -0.4 is 0 Å². The zero-order chi connectivity index (χ0) is 19.7. The molecule has 2 aromatic carbocycles. The normalized spacial score (nSPS) is 17.1. The van der Waals surface area contributed by atoms with E-state index in [1.165, 1.54) is 28.8 Å². The molecule has 7 heteroatoms. The number of amidine groups is 1. The van der Waals surface area contributed by atoms with Gasteiger partial charge in [-0.15, -0.1) is 0 Å². The predicted octanol–water partition coefficient (Wildman–Crippen LogP) is 4.56. The second kappa shape index (κ2) is 7.36. The Balaban J connectivity index is 1.64. The quantitative estimate of drug-likeness (QED) is 0.664. The summed E-state index contributed by atoms with van der Waals surface area (Å²) in [5.41, 5.74) is 2.29. The Hall–Kier alpha value is -3.32. The second-order valence-electron chi connectivity index (χ2n) is 6.17. The fourth-order valence-corrected chi connectivity index (χ4v) is 3.74. The van der Waals surface area contributed by atoms with Crippen molar-refractivity contribution in [2.75, 3.05) is 7.05 Å². The van der Waals surface area contributed by atoms with E-state index >= 15 is 0 Å². The van der Waals surface area contributed by atoms with Crippen LogP contribution in [-0.4, -0.2) is 32.7 Å². The number of rotatable bonds is 3. The Labute approximate surface area is 165 Å². The molecule has 1 aromatic heterocycles. The summed E-state index contributed by atoms with van der Waals surface area (Å²) >= 11 is 1.27. The molecule has 0 atom stereocenters. The Kier molecular flexibility index (Phi) is 4.75. The van der Waals surface area contributed by atoms with Gasteiger partial charge in [-0.2, -0.15) is 0 Å². The minimum Gasteiger partial charge on any atom is -0.508 e. The van der Waals surface area contributed by atoms with E-state index in [-0.39, 0.29) is 17.5 Å². The minimum atomic E-state index is -0.331. The second-order valence-corrected chi connectivity index (χ2v) is 7.17. The maximum atomic E-state index is 13.1. The van der Waals surface area contributed by atoms with Crippen molar-refractivity contribution in [1.82, 2.24) is 9.47 Å². The van der Waals surface area contributed by atoms with Crippen molar-refractivity contribution >= 4 is 34.6 Å². The zero-order valence-electron chi connectivity index (χ0n) is 14.9. The molecule has 3 aromatic rings. The highest BCUT2D eigenvalue weighted by Gasteiger charge is 2.30. The third kappa shape index (κ3) is 3.57. The number of hydrogen-bond donors (Lipinski definition) is 1. The summed E-state index contributed by atoms with van der Waals surface area (Å²) in [6.07, 6.45) is 3.70. The van der Waals surface area contributed by atoms with Gasteiger partial charge < -0.3 is 9.67 Å². The average Bonchev–Trinajstić information content (AvgIpc) is 3.25. The molecule has 2 heterocycles. The number of nitrogens with zero attached hydrogens (tertiary/aromatic N) is 3. The van der Waals surface area contributed by atoms with Crippen molar-refractivity contribution in [3.8, 4) is 11.4 Å². The summed E-state index contributed by atoms with van der Waals surface area (Å²) in [5, 5.41) is 10.0. The van der Waals surface area contributed by atoms with Crippen molar-refractivity contribution < 1.29 is 14.3 Å². The number of amides is 1. The molecule has 4 rings (SSSR count). The molecule has 28 heavy (non-hydrogen) atoms. The molecule has 1 amide bonds. The van der Waals surface area contributed by atoms with Gasteiger partial charge in [0.2, 0.25) is 0 Å². The van der Waals surface area contributed by atoms with E-state index in [9.17, 15) is 14.3 Å². The summed E-state index contributed by atoms with van der Waals surface area (Å²) in [6, 6.07) is 16.4. The Morgan fingerprint density at radius 2 is 1.79 bits per heavy atom. The number of aromatic hydroxyl groups is 1. The lowest BCUT2D eigenvalue weighted by molar-refractivity contribution is -0.121. The fraction of sp³-hybridized carbons (Fsp3) is 0.0476. The molecule has 1 aliphatic rings. The molecule has 0 unspecified atom stereocenters. The summed E-state index contributed by atoms with van der Waals surface area (Å²) in [4.78, 5) is 19.1. The average molecular weight is 393 g/mol. The molecule has 0 radical (unpaired) electrons. The minimum absolute atomic E-state index is 0.149. The van der Waals surface area contributed by atoms with Gasteiger partial charge in [-0.3, -0.25) is 9.69 Å². The lowest BCUT2D eigenvalue weighted by Gasteiger charge is -2.07. The van der Waals surface area contributed by atoms with Crippen LogP contribution in [0.15, 0.2) is 76.8 Å². The molecule has 1 saturated heterocycles. The summed E-state index contributed by atoms with van der Waals surface area (Å²) in [5.74, 6) is -0.284. The molecular weight excluding hydrogens is 377 g/mol. The van der Waals surface area contributed by atoms with Gasteiger partial charge in [0, 0.05) is 24.6 Å². The van der Waals surface area contributed by atoms with Crippen molar-refractivity contribution in [1.29, 1.82) is 0 Å². The van der Waals surface area contributed by atoms with E-state index in [2.05, 4.69) is 4.99 Å². The summed E-state index contributed by atoms with van der Waals surface area (Å²) in [7, 11) is 1.66. The molecule has 140 valence electrons.